The van der Waals surface area contributed by atoms with Gasteiger partial charge in [-0.1, -0.05) is 13.8 Å². The summed E-state index contributed by atoms with van der Waals surface area (Å²) >= 11 is 1.48. The van der Waals surface area contributed by atoms with Crippen LogP contribution < -0.4 is 11.1 Å². The van der Waals surface area contributed by atoms with Crippen LogP contribution in [0.2, 0.25) is 0 Å². The van der Waals surface area contributed by atoms with Crippen LogP contribution in [-0.4, -0.2) is 11.9 Å². The third kappa shape index (κ3) is 2.86. The van der Waals surface area contributed by atoms with E-state index in [1.807, 2.05) is 6.92 Å². The number of hydrogen-bond acceptors (Lipinski definition) is 3. The van der Waals surface area contributed by atoms with Crippen LogP contribution in [0, 0.1) is 18.8 Å². The molecule has 0 spiro atoms. The van der Waals surface area contributed by atoms with Gasteiger partial charge in [0, 0.05) is 16.6 Å². The second kappa shape index (κ2) is 5.31. The quantitative estimate of drug-likeness (QED) is 0.863. The van der Waals surface area contributed by atoms with Gasteiger partial charge in [-0.05, 0) is 44.1 Å². The number of nitrogen functional groups attached to an aromatic ring is 1. The van der Waals surface area contributed by atoms with E-state index in [9.17, 15) is 4.79 Å². The van der Waals surface area contributed by atoms with Crippen LogP contribution in [0.5, 0.6) is 0 Å². The van der Waals surface area contributed by atoms with Gasteiger partial charge in [-0.25, -0.2) is 0 Å². The maximum atomic E-state index is 12.1. The molecule has 3 nitrogen and oxygen atoms in total. The third-order valence-corrected chi connectivity index (χ3v) is 4.99. The number of nitrogens with two attached hydrogens (primary N) is 1. The van der Waals surface area contributed by atoms with Crippen molar-refractivity contribution >= 4 is 22.9 Å². The highest BCUT2D eigenvalue weighted by Gasteiger charge is 2.27. The molecule has 3 unspecified atom stereocenters. The Morgan fingerprint density at radius 2 is 2.17 bits per heavy atom. The van der Waals surface area contributed by atoms with Gasteiger partial charge in [0.15, 0.2) is 0 Å². The van der Waals surface area contributed by atoms with Gasteiger partial charge in [0.05, 0.1) is 4.88 Å². The zero-order chi connectivity index (χ0) is 13.3. The average Bonchev–Trinajstić information content (AvgIpc) is 2.63. The number of carbonyl (C=O) groups excluding carboxylic acids is 1. The van der Waals surface area contributed by atoms with Crippen LogP contribution in [0.15, 0.2) is 6.07 Å². The molecule has 3 atom stereocenters. The third-order valence-electron chi connectivity index (χ3n) is 3.93. The Morgan fingerprint density at radius 3 is 2.72 bits per heavy atom. The van der Waals surface area contributed by atoms with Crippen molar-refractivity contribution in [3.8, 4) is 0 Å². The lowest BCUT2D eigenvalue weighted by molar-refractivity contribution is 0.0904. The van der Waals surface area contributed by atoms with Crippen molar-refractivity contribution in [3.05, 3.63) is 15.8 Å². The summed E-state index contributed by atoms with van der Waals surface area (Å²) in [4.78, 5) is 13.9. The fourth-order valence-electron chi connectivity index (χ4n) is 2.73. The summed E-state index contributed by atoms with van der Waals surface area (Å²) < 4.78 is 0. The van der Waals surface area contributed by atoms with Crippen molar-refractivity contribution in [1.82, 2.24) is 5.32 Å². The van der Waals surface area contributed by atoms with E-state index in [0.717, 1.165) is 27.8 Å². The molecule has 100 valence electrons. The summed E-state index contributed by atoms with van der Waals surface area (Å²) in [5.41, 5.74) is 6.51. The zero-order valence-corrected chi connectivity index (χ0v) is 12.1. The second-order valence-electron chi connectivity index (χ2n) is 5.60. The van der Waals surface area contributed by atoms with Crippen molar-refractivity contribution in [2.45, 2.75) is 46.1 Å². The van der Waals surface area contributed by atoms with Crippen LogP contribution in [-0.2, 0) is 0 Å². The van der Waals surface area contributed by atoms with Crippen molar-refractivity contribution in [2.75, 3.05) is 5.73 Å². The molecule has 1 amide bonds. The summed E-state index contributed by atoms with van der Waals surface area (Å²) in [7, 11) is 0. The molecule has 3 N–H and O–H groups in total. The second-order valence-corrected chi connectivity index (χ2v) is 6.85. The lowest BCUT2D eigenvalue weighted by atomic mass is 9.80. The van der Waals surface area contributed by atoms with Crippen LogP contribution >= 0.6 is 11.3 Å². The maximum absolute atomic E-state index is 12.1. The lowest BCUT2D eigenvalue weighted by Gasteiger charge is -2.33. The minimum absolute atomic E-state index is 0.0335. The summed E-state index contributed by atoms with van der Waals surface area (Å²) in [6.07, 6.45) is 3.51. The first-order valence-corrected chi connectivity index (χ1v) is 7.45. The molecule has 18 heavy (non-hydrogen) atoms. The predicted molar refractivity (Wildman–Crippen MR) is 76.9 cm³/mol. The number of amides is 1. The SMILES string of the molecule is Cc1sc(C(=O)NC2CCC(C)CC2C)cc1N. The molecule has 1 aromatic heterocycles. The highest BCUT2D eigenvalue weighted by Crippen LogP contribution is 2.29. The fraction of sp³-hybridized carbons (Fsp3) is 0.643. The molecule has 0 bridgehead atoms. The number of aryl methyl sites for hydroxylation is 1. The number of carbonyl (C=O) groups is 1. The Bertz CT molecular complexity index is 422. The topological polar surface area (TPSA) is 55.1 Å². The molecule has 0 aromatic carbocycles. The van der Waals surface area contributed by atoms with Crippen LogP contribution in [0.4, 0.5) is 5.69 Å². The Labute approximate surface area is 113 Å². The molecule has 1 heterocycles. The summed E-state index contributed by atoms with van der Waals surface area (Å²) in [6, 6.07) is 2.10. The minimum Gasteiger partial charge on any atom is -0.398 e. The van der Waals surface area contributed by atoms with Crippen LogP contribution in [0.1, 0.15) is 47.7 Å². The molecular formula is C14H22N2OS. The Kier molecular flexibility index (Phi) is 3.95. The highest BCUT2D eigenvalue weighted by atomic mass is 32.1. The molecule has 0 radical (unpaired) electrons. The smallest absolute Gasteiger partial charge is 0.261 e. The Balaban J connectivity index is 1.99. The molecule has 0 saturated heterocycles. The summed E-state index contributed by atoms with van der Waals surface area (Å²) in [6.45, 7) is 6.47. The van der Waals surface area contributed by atoms with Crippen LogP contribution in [0.25, 0.3) is 0 Å². The van der Waals surface area contributed by atoms with E-state index < -0.39 is 0 Å². The number of nitrogens with one attached hydrogen (secondary N) is 1. The standard InChI is InChI=1S/C14H22N2OS/c1-8-4-5-12(9(2)6-8)16-14(17)13-7-11(15)10(3)18-13/h7-9,12H,4-6,15H2,1-3H3,(H,16,17). The molecule has 1 aliphatic carbocycles. The van der Waals surface area contributed by atoms with E-state index in [2.05, 4.69) is 19.2 Å². The first-order chi connectivity index (χ1) is 8.47. The van der Waals surface area contributed by atoms with Gasteiger partial charge in [-0.3, -0.25) is 4.79 Å². The molecule has 1 fully saturated rings. The molecular weight excluding hydrogens is 244 g/mol. The van der Waals surface area contributed by atoms with E-state index in [4.69, 9.17) is 5.73 Å². The van der Waals surface area contributed by atoms with E-state index in [1.54, 1.807) is 6.07 Å². The van der Waals surface area contributed by atoms with Crippen molar-refractivity contribution in [2.24, 2.45) is 11.8 Å². The highest BCUT2D eigenvalue weighted by molar-refractivity contribution is 7.14. The van der Waals surface area contributed by atoms with Gasteiger partial charge in [0.2, 0.25) is 0 Å². The van der Waals surface area contributed by atoms with E-state index in [1.165, 1.54) is 24.2 Å². The van der Waals surface area contributed by atoms with Crippen molar-refractivity contribution in [1.29, 1.82) is 0 Å². The van der Waals surface area contributed by atoms with Gasteiger partial charge in [-0.15, -0.1) is 11.3 Å². The normalized spacial score (nSPS) is 28.1. The molecule has 1 aromatic rings. The summed E-state index contributed by atoms with van der Waals surface area (Å²) in [5.74, 6) is 1.38. The monoisotopic (exact) mass is 266 g/mol. The minimum atomic E-state index is 0.0335. The first kappa shape index (κ1) is 13.4. The largest absolute Gasteiger partial charge is 0.398 e. The molecule has 4 heteroatoms. The van der Waals surface area contributed by atoms with Gasteiger partial charge in [0.25, 0.3) is 5.91 Å². The number of thiophene rings is 1. The summed E-state index contributed by atoms with van der Waals surface area (Å²) in [5, 5.41) is 3.16. The molecule has 1 saturated carbocycles. The zero-order valence-electron chi connectivity index (χ0n) is 11.3. The molecule has 1 aliphatic rings. The van der Waals surface area contributed by atoms with E-state index in [0.29, 0.717) is 12.0 Å². The fourth-order valence-corrected chi connectivity index (χ4v) is 3.57. The van der Waals surface area contributed by atoms with Gasteiger partial charge >= 0.3 is 0 Å². The first-order valence-electron chi connectivity index (χ1n) is 6.64. The van der Waals surface area contributed by atoms with Crippen molar-refractivity contribution < 1.29 is 4.79 Å². The van der Waals surface area contributed by atoms with E-state index in [-0.39, 0.29) is 5.91 Å². The van der Waals surface area contributed by atoms with Crippen LogP contribution in [0.3, 0.4) is 0 Å². The molecule has 2 rings (SSSR count). The number of hydrogen-bond donors (Lipinski definition) is 2. The Hall–Kier alpha value is -1.03. The number of anilines is 1. The number of rotatable bonds is 2. The lowest BCUT2D eigenvalue weighted by Crippen LogP contribution is -2.42. The van der Waals surface area contributed by atoms with Crippen molar-refractivity contribution in [3.63, 3.8) is 0 Å². The Morgan fingerprint density at radius 1 is 1.44 bits per heavy atom. The predicted octanol–water partition coefficient (Wildman–Crippen LogP) is 3.19. The van der Waals surface area contributed by atoms with E-state index >= 15 is 0 Å². The van der Waals surface area contributed by atoms with Gasteiger partial charge < -0.3 is 11.1 Å². The average molecular weight is 266 g/mol. The van der Waals surface area contributed by atoms with Gasteiger partial charge in [-0.2, -0.15) is 0 Å². The maximum Gasteiger partial charge on any atom is 0.261 e. The van der Waals surface area contributed by atoms with Gasteiger partial charge in [0.1, 0.15) is 0 Å². The molecule has 0 aliphatic heterocycles.